The summed E-state index contributed by atoms with van der Waals surface area (Å²) in [7, 11) is 1.62. The molecular formula is C13H11Cl2N3O. The van der Waals surface area contributed by atoms with Gasteiger partial charge in [-0.3, -0.25) is 9.78 Å². The second kappa shape index (κ2) is 5.47. The van der Waals surface area contributed by atoms with Crippen LogP contribution in [-0.2, 0) is 0 Å². The van der Waals surface area contributed by atoms with E-state index < -0.39 is 0 Å². The lowest BCUT2D eigenvalue weighted by Crippen LogP contribution is -2.27. The predicted molar refractivity (Wildman–Crippen MR) is 77.8 cm³/mol. The summed E-state index contributed by atoms with van der Waals surface area (Å²) in [5.41, 5.74) is 7.10. The van der Waals surface area contributed by atoms with Gasteiger partial charge in [0, 0.05) is 18.3 Å². The first-order valence-corrected chi connectivity index (χ1v) is 6.19. The summed E-state index contributed by atoms with van der Waals surface area (Å²) in [6.45, 7) is 0. The van der Waals surface area contributed by atoms with E-state index in [4.69, 9.17) is 28.9 Å². The van der Waals surface area contributed by atoms with Crippen LogP contribution in [0.5, 0.6) is 0 Å². The molecule has 2 N–H and O–H groups in total. The summed E-state index contributed by atoms with van der Waals surface area (Å²) >= 11 is 11.9. The third-order valence-electron chi connectivity index (χ3n) is 2.65. The molecule has 1 aromatic carbocycles. The van der Waals surface area contributed by atoms with Gasteiger partial charge < -0.3 is 10.6 Å². The number of hydrogen-bond donors (Lipinski definition) is 1. The number of carbonyl (C=O) groups is 1. The quantitative estimate of drug-likeness (QED) is 0.925. The summed E-state index contributed by atoms with van der Waals surface area (Å²) in [4.78, 5) is 17.7. The van der Waals surface area contributed by atoms with Crippen molar-refractivity contribution < 1.29 is 4.79 Å². The Bertz CT molecular complexity index is 631. The Morgan fingerprint density at radius 3 is 2.74 bits per heavy atom. The van der Waals surface area contributed by atoms with Crippen molar-refractivity contribution in [2.75, 3.05) is 17.7 Å². The van der Waals surface area contributed by atoms with Gasteiger partial charge in [0.15, 0.2) is 0 Å². The molecule has 98 valence electrons. The van der Waals surface area contributed by atoms with Gasteiger partial charge in [0.1, 0.15) is 0 Å². The van der Waals surface area contributed by atoms with Crippen LogP contribution in [-0.4, -0.2) is 17.9 Å². The minimum absolute atomic E-state index is 0.287. The number of nitrogen functional groups attached to an aromatic ring is 1. The number of aromatic nitrogens is 1. The molecule has 0 radical (unpaired) electrons. The molecule has 19 heavy (non-hydrogen) atoms. The van der Waals surface area contributed by atoms with Crippen LogP contribution in [0.2, 0.25) is 10.0 Å². The lowest BCUT2D eigenvalue weighted by molar-refractivity contribution is 0.0993. The predicted octanol–water partition coefficient (Wildman–Crippen LogP) is 3.25. The van der Waals surface area contributed by atoms with Crippen LogP contribution in [0.25, 0.3) is 0 Å². The van der Waals surface area contributed by atoms with Crippen LogP contribution >= 0.6 is 23.2 Å². The van der Waals surface area contributed by atoms with Crippen molar-refractivity contribution in [1.29, 1.82) is 0 Å². The summed E-state index contributed by atoms with van der Waals surface area (Å²) in [5, 5.41) is 0.790. The molecule has 1 amide bonds. The zero-order valence-electron chi connectivity index (χ0n) is 10.1. The normalized spacial score (nSPS) is 10.3. The van der Waals surface area contributed by atoms with E-state index in [0.29, 0.717) is 27.0 Å². The molecule has 1 heterocycles. The monoisotopic (exact) mass is 295 g/mol. The van der Waals surface area contributed by atoms with E-state index in [1.165, 1.54) is 17.2 Å². The highest BCUT2D eigenvalue weighted by Gasteiger charge is 2.18. The largest absolute Gasteiger partial charge is 0.396 e. The number of nitrogens with two attached hydrogens (primary N) is 1. The number of hydrogen-bond acceptors (Lipinski definition) is 3. The van der Waals surface area contributed by atoms with Crippen LogP contribution < -0.4 is 10.6 Å². The SMILES string of the molecule is CN(C(=O)c1cc(Cl)ccc1Cl)c1ccncc1N. The molecule has 0 aliphatic rings. The fraction of sp³-hybridized carbons (Fsp3) is 0.0769. The molecule has 2 aromatic rings. The van der Waals surface area contributed by atoms with Crippen LogP contribution in [0.3, 0.4) is 0 Å². The Balaban J connectivity index is 2.39. The van der Waals surface area contributed by atoms with Crippen molar-refractivity contribution in [2.24, 2.45) is 0 Å². The minimum atomic E-state index is -0.287. The molecule has 0 unspecified atom stereocenters. The third-order valence-corrected chi connectivity index (χ3v) is 3.22. The number of carbonyl (C=O) groups excluding carboxylic acids is 1. The number of benzene rings is 1. The Kier molecular flexibility index (Phi) is 3.93. The zero-order valence-corrected chi connectivity index (χ0v) is 11.6. The van der Waals surface area contributed by atoms with E-state index >= 15 is 0 Å². The van der Waals surface area contributed by atoms with Crippen LogP contribution in [0, 0.1) is 0 Å². The fourth-order valence-corrected chi connectivity index (χ4v) is 2.03. The molecule has 0 bridgehead atoms. The van der Waals surface area contributed by atoms with Gasteiger partial charge in [-0.15, -0.1) is 0 Å². The minimum Gasteiger partial charge on any atom is -0.396 e. The van der Waals surface area contributed by atoms with E-state index in [2.05, 4.69) is 4.98 Å². The highest BCUT2D eigenvalue weighted by atomic mass is 35.5. The first kappa shape index (κ1) is 13.6. The van der Waals surface area contributed by atoms with Crippen LogP contribution in [0.1, 0.15) is 10.4 Å². The molecule has 0 aliphatic carbocycles. The van der Waals surface area contributed by atoms with Crippen molar-refractivity contribution in [3.8, 4) is 0 Å². The van der Waals surface area contributed by atoms with Crippen LogP contribution in [0.4, 0.5) is 11.4 Å². The van der Waals surface area contributed by atoms with Crippen molar-refractivity contribution in [3.63, 3.8) is 0 Å². The van der Waals surface area contributed by atoms with E-state index in [1.54, 1.807) is 31.4 Å². The zero-order chi connectivity index (χ0) is 14.0. The standard InChI is InChI=1S/C13H11Cl2N3O/c1-18(12-4-5-17-7-11(12)16)13(19)9-6-8(14)2-3-10(9)15/h2-7H,16H2,1H3. The van der Waals surface area contributed by atoms with Crippen molar-refractivity contribution in [2.45, 2.75) is 0 Å². The van der Waals surface area contributed by atoms with Gasteiger partial charge in [0.05, 0.1) is 28.2 Å². The molecular weight excluding hydrogens is 285 g/mol. The average Bonchev–Trinajstić information content (AvgIpc) is 2.40. The number of halogens is 2. The van der Waals surface area contributed by atoms with E-state index in [1.807, 2.05) is 0 Å². The molecule has 0 saturated heterocycles. The lowest BCUT2D eigenvalue weighted by Gasteiger charge is -2.19. The smallest absolute Gasteiger partial charge is 0.259 e. The Labute approximate surface area is 120 Å². The van der Waals surface area contributed by atoms with E-state index in [0.717, 1.165) is 0 Å². The lowest BCUT2D eigenvalue weighted by atomic mass is 10.2. The summed E-state index contributed by atoms with van der Waals surface area (Å²) in [6.07, 6.45) is 3.05. The Hall–Kier alpha value is -1.78. The van der Waals surface area contributed by atoms with Gasteiger partial charge in [-0.1, -0.05) is 23.2 Å². The second-order valence-corrected chi connectivity index (χ2v) is 4.77. The molecule has 0 aliphatic heterocycles. The maximum Gasteiger partial charge on any atom is 0.259 e. The summed E-state index contributed by atoms with van der Waals surface area (Å²) in [6, 6.07) is 6.40. The first-order chi connectivity index (χ1) is 9.00. The Morgan fingerprint density at radius 1 is 1.32 bits per heavy atom. The molecule has 0 atom stereocenters. The molecule has 6 heteroatoms. The molecule has 0 spiro atoms. The van der Waals surface area contributed by atoms with Gasteiger partial charge in [0.25, 0.3) is 5.91 Å². The van der Waals surface area contributed by atoms with Gasteiger partial charge in [-0.25, -0.2) is 0 Å². The van der Waals surface area contributed by atoms with Crippen molar-refractivity contribution >= 4 is 40.5 Å². The fourth-order valence-electron chi connectivity index (χ4n) is 1.66. The summed E-state index contributed by atoms with van der Waals surface area (Å²) < 4.78 is 0. The van der Waals surface area contributed by atoms with E-state index in [-0.39, 0.29) is 5.91 Å². The number of pyridine rings is 1. The number of rotatable bonds is 2. The molecule has 4 nitrogen and oxygen atoms in total. The highest BCUT2D eigenvalue weighted by molar-refractivity contribution is 6.36. The number of anilines is 2. The highest BCUT2D eigenvalue weighted by Crippen LogP contribution is 2.26. The maximum absolute atomic E-state index is 12.4. The Morgan fingerprint density at radius 2 is 2.05 bits per heavy atom. The van der Waals surface area contributed by atoms with Crippen molar-refractivity contribution in [3.05, 3.63) is 52.3 Å². The molecule has 0 saturated carbocycles. The van der Waals surface area contributed by atoms with E-state index in [9.17, 15) is 4.79 Å². The van der Waals surface area contributed by atoms with Crippen molar-refractivity contribution in [1.82, 2.24) is 4.98 Å². The molecule has 0 fully saturated rings. The van der Waals surface area contributed by atoms with Gasteiger partial charge in [0.2, 0.25) is 0 Å². The average molecular weight is 296 g/mol. The van der Waals surface area contributed by atoms with Crippen LogP contribution in [0.15, 0.2) is 36.7 Å². The van der Waals surface area contributed by atoms with Gasteiger partial charge in [-0.2, -0.15) is 0 Å². The first-order valence-electron chi connectivity index (χ1n) is 5.43. The maximum atomic E-state index is 12.4. The topological polar surface area (TPSA) is 59.2 Å². The summed E-state index contributed by atoms with van der Waals surface area (Å²) in [5.74, 6) is -0.287. The third kappa shape index (κ3) is 2.80. The second-order valence-electron chi connectivity index (χ2n) is 3.92. The van der Waals surface area contributed by atoms with Gasteiger partial charge >= 0.3 is 0 Å². The molecule has 2 rings (SSSR count). The van der Waals surface area contributed by atoms with Gasteiger partial charge in [-0.05, 0) is 24.3 Å². The molecule has 1 aromatic heterocycles. The number of amides is 1. The number of nitrogens with zero attached hydrogens (tertiary/aromatic N) is 2.